The van der Waals surface area contributed by atoms with Crippen molar-refractivity contribution in [2.45, 2.75) is 42.1 Å². The van der Waals surface area contributed by atoms with E-state index >= 15 is 0 Å². The van der Waals surface area contributed by atoms with Gasteiger partial charge < -0.3 is 5.32 Å². The summed E-state index contributed by atoms with van der Waals surface area (Å²) in [7, 11) is 0. The molecule has 0 amide bonds. The lowest BCUT2D eigenvalue weighted by Gasteiger charge is -2.11. The highest BCUT2D eigenvalue weighted by atomic mass is 32.2. The van der Waals surface area contributed by atoms with Crippen LogP contribution in [-0.2, 0) is 6.54 Å². The first-order valence-electron chi connectivity index (χ1n) is 6.97. The first kappa shape index (κ1) is 13.7. The lowest BCUT2D eigenvalue weighted by atomic mass is 10.1. The molecule has 1 nitrogen and oxygen atoms in total. The van der Waals surface area contributed by atoms with Gasteiger partial charge in [-0.3, -0.25) is 0 Å². The summed E-state index contributed by atoms with van der Waals surface area (Å²) < 4.78 is 13.8. The Bertz CT molecular complexity index is 608. The number of benzene rings is 2. The molecule has 104 valence electrons. The van der Waals surface area contributed by atoms with E-state index in [4.69, 9.17) is 0 Å². The molecule has 0 aliphatic heterocycles. The van der Waals surface area contributed by atoms with Crippen molar-refractivity contribution >= 4 is 11.8 Å². The summed E-state index contributed by atoms with van der Waals surface area (Å²) in [6, 6.07) is 14.0. The molecule has 0 aromatic heterocycles. The Morgan fingerprint density at radius 3 is 2.70 bits per heavy atom. The lowest BCUT2D eigenvalue weighted by Crippen LogP contribution is -2.15. The maximum absolute atomic E-state index is 13.8. The Kier molecular flexibility index (Phi) is 4.08. The molecule has 0 heterocycles. The van der Waals surface area contributed by atoms with Crippen molar-refractivity contribution in [2.24, 2.45) is 0 Å². The number of rotatable bonds is 5. The van der Waals surface area contributed by atoms with Gasteiger partial charge in [0.05, 0.1) is 0 Å². The number of nitrogens with one attached hydrogen (secondary N) is 1. The number of halogens is 1. The molecule has 3 rings (SSSR count). The molecule has 2 aromatic rings. The summed E-state index contributed by atoms with van der Waals surface area (Å²) in [5, 5.41) is 3.53. The van der Waals surface area contributed by atoms with E-state index < -0.39 is 0 Å². The minimum absolute atomic E-state index is 0.154. The second-order valence-electron chi connectivity index (χ2n) is 5.30. The van der Waals surface area contributed by atoms with Crippen LogP contribution in [0.4, 0.5) is 4.39 Å². The molecule has 2 aromatic carbocycles. The van der Waals surface area contributed by atoms with E-state index in [-0.39, 0.29) is 5.82 Å². The molecule has 1 N–H and O–H groups in total. The van der Waals surface area contributed by atoms with Crippen molar-refractivity contribution in [2.75, 3.05) is 0 Å². The molecule has 0 unspecified atom stereocenters. The Morgan fingerprint density at radius 2 is 1.95 bits per heavy atom. The van der Waals surface area contributed by atoms with Crippen LogP contribution in [0.2, 0.25) is 0 Å². The normalized spacial score (nSPS) is 14.5. The average molecular weight is 287 g/mol. The predicted molar refractivity (Wildman–Crippen MR) is 81.6 cm³/mol. The molecule has 1 saturated carbocycles. The molecular weight excluding hydrogens is 269 g/mol. The highest BCUT2D eigenvalue weighted by molar-refractivity contribution is 7.99. The van der Waals surface area contributed by atoms with Crippen molar-refractivity contribution in [3.63, 3.8) is 0 Å². The van der Waals surface area contributed by atoms with Gasteiger partial charge in [0.15, 0.2) is 0 Å². The van der Waals surface area contributed by atoms with Gasteiger partial charge in [-0.05, 0) is 43.5 Å². The summed E-state index contributed by atoms with van der Waals surface area (Å²) >= 11 is 1.51. The molecular formula is C17H18FNS. The second-order valence-corrected chi connectivity index (χ2v) is 6.38. The largest absolute Gasteiger partial charge is 0.310 e. The maximum Gasteiger partial charge on any atom is 0.137 e. The van der Waals surface area contributed by atoms with Gasteiger partial charge in [-0.1, -0.05) is 41.6 Å². The van der Waals surface area contributed by atoms with E-state index in [0.717, 1.165) is 11.4 Å². The Morgan fingerprint density at radius 1 is 1.15 bits per heavy atom. The van der Waals surface area contributed by atoms with Crippen LogP contribution < -0.4 is 5.32 Å². The fourth-order valence-corrected chi connectivity index (χ4v) is 3.08. The fourth-order valence-electron chi connectivity index (χ4n) is 2.13. The first-order chi connectivity index (χ1) is 9.72. The van der Waals surface area contributed by atoms with Crippen molar-refractivity contribution in [3.8, 4) is 0 Å². The van der Waals surface area contributed by atoms with Crippen molar-refractivity contribution in [3.05, 3.63) is 59.4 Å². The van der Waals surface area contributed by atoms with Crippen LogP contribution in [0.15, 0.2) is 52.3 Å². The van der Waals surface area contributed by atoms with Crippen LogP contribution in [0, 0.1) is 12.7 Å². The second kappa shape index (κ2) is 5.98. The smallest absolute Gasteiger partial charge is 0.137 e. The van der Waals surface area contributed by atoms with Crippen molar-refractivity contribution in [1.82, 2.24) is 5.32 Å². The van der Waals surface area contributed by atoms with Crippen molar-refractivity contribution < 1.29 is 4.39 Å². The van der Waals surface area contributed by atoms with Gasteiger partial charge in [0, 0.05) is 22.4 Å². The Labute approximate surface area is 123 Å². The molecule has 20 heavy (non-hydrogen) atoms. The minimum atomic E-state index is -0.154. The molecule has 0 spiro atoms. The van der Waals surface area contributed by atoms with E-state index in [1.165, 1.54) is 41.8 Å². The van der Waals surface area contributed by atoms with Gasteiger partial charge in [-0.2, -0.15) is 0 Å². The lowest BCUT2D eigenvalue weighted by molar-refractivity contribution is 0.602. The van der Waals surface area contributed by atoms with Crippen LogP contribution in [0.5, 0.6) is 0 Å². The summed E-state index contributed by atoms with van der Waals surface area (Å²) in [6.07, 6.45) is 2.56. The first-order valence-corrected chi connectivity index (χ1v) is 7.79. The van der Waals surface area contributed by atoms with E-state index in [1.54, 1.807) is 6.07 Å². The zero-order valence-electron chi connectivity index (χ0n) is 11.5. The fraction of sp³-hybridized carbons (Fsp3) is 0.294. The van der Waals surface area contributed by atoms with Crippen LogP contribution in [0.1, 0.15) is 24.0 Å². The molecule has 1 aliphatic carbocycles. The maximum atomic E-state index is 13.8. The van der Waals surface area contributed by atoms with Crippen LogP contribution in [-0.4, -0.2) is 6.04 Å². The SMILES string of the molecule is Cc1ccc(Sc2ccccc2F)c(CNC2CC2)c1. The third kappa shape index (κ3) is 3.41. The average Bonchev–Trinajstić information content (AvgIpc) is 3.25. The van der Waals surface area contributed by atoms with Gasteiger partial charge in [0.1, 0.15) is 5.82 Å². The highest BCUT2D eigenvalue weighted by Crippen LogP contribution is 2.33. The predicted octanol–water partition coefficient (Wildman–Crippen LogP) is 4.54. The van der Waals surface area contributed by atoms with Gasteiger partial charge >= 0.3 is 0 Å². The summed E-state index contributed by atoms with van der Waals surface area (Å²) in [5.41, 5.74) is 2.50. The third-order valence-corrected chi connectivity index (χ3v) is 4.60. The van der Waals surface area contributed by atoms with E-state index in [0.29, 0.717) is 10.9 Å². The number of aryl methyl sites for hydroxylation is 1. The quantitative estimate of drug-likeness (QED) is 0.866. The minimum Gasteiger partial charge on any atom is -0.310 e. The number of hydrogen-bond acceptors (Lipinski definition) is 2. The van der Waals surface area contributed by atoms with Crippen LogP contribution in [0.25, 0.3) is 0 Å². The van der Waals surface area contributed by atoms with Crippen molar-refractivity contribution in [1.29, 1.82) is 0 Å². The van der Waals surface area contributed by atoms with Crippen LogP contribution >= 0.6 is 11.8 Å². The Hall–Kier alpha value is -1.32. The molecule has 0 bridgehead atoms. The van der Waals surface area contributed by atoms with Gasteiger partial charge in [0.25, 0.3) is 0 Å². The summed E-state index contributed by atoms with van der Waals surface area (Å²) in [5.74, 6) is -0.154. The standard InChI is InChI=1S/C17H18FNS/c1-12-6-9-16(13(10-12)11-19-14-7-8-14)20-17-5-3-2-4-15(17)18/h2-6,9-10,14,19H,7-8,11H2,1H3. The van der Waals surface area contributed by atoms with Gasteiger partial charge in [0.2, 0.25) is 0 Å². The molecule has 0 radical (unpaired) electrons. The Balaban J connectivity index is 1.82. The molecule has 0 saturated heterocycles. The van der Waals surface area contributed by atoms with Crippen LogP contribution in [0.3, 0.4) is 0 Å². The zero-order chi connectivity index (χ0) is 13.9. The third-order valence-electron chi connectivity index (χ3n) is 3.43. The van der Waals surface area contributed by atoms with E-state index in [1.807, 2.05) is 12.1 Å². The number of hydrogen-bond donors (Lipinski definition) is 1. The van der Waals surface area contributed by atoms with E-state index in [9.17, 15) is 4.39 Å². The van der Waals surface area contributed by atoms with E-state index in [2.05, 4.69) is 30.4 Å². The zero-order valence-corrected chi connectivity index (χ0v) is 12.3. The summed E-state index contributed by atoms with van der Waals surface area (Å²) in [4.78, 5) is 1.82. The highest BCUT2D eigenvalue weighted by Gasteiger charge is 2.20. The molecule has 1 fully saturated rings. The van der Waals surface area contributed by atoms with Gasteiger partial charge in [-0.15, -0.1) is 0 Å². The topological polar surface area (TPSA) is 12.0 Å². The summed E-state index contributed by atoms with van der Waals surface area (Å²) in [6.45, 7) is 2.96. The molecule has 3 heteroatoms. The molecule has 0 atom stereocenters. The molecule has 1 aliphatic rings. The monoisotopic (exact) mass is 287 g/mol. The van der Waals surface area contributed by atoms with Gasteiger partial charge in [-0.25, -0.2) is 4.39 Å².